The molecule has 3 aromatic rings. The maximum atomic E-state index is 14.5. The number of imidazole rings is 1. The average molecular weight is 638 g/mol. The Bertz CT molecular complexity index is 1470. The molecule has 1 aromatic carbocycles. The number of hydrogen-bond acceptors (Lipinski definition) is 12. The van der Waals surface area contributed by atoms with E-state index in [2.05, 4.69) is 25.4 Å². The fraction of sp³-hybridized carbons (Fsp3) is 0.478. The number of fused-ring (bicyclic) bond motifs is 1. The van der Waals surface area contributed by atoms with Gasteiger partial charge in [0.15, 0.2) is 23.2 Å². The first kappa shape index (κ1) is 31.7. The number of aromatic nitrogens is 4. The predicted molar refractivity (Wildman–Crippen MR) is 144 cm³/mol. The molecule has 0 aliphatic carbocycles. The highest BCUT2D eigenvalue weighted by Crippen LogP contribution is 2.55. The fourth-order valence-corrected chi connectivity index (χ4v) is 5.98. The molecule has 2 aromatic heterocycles. The van der Waals surface area contributed by atoms with Crippen molar-refractivity contribution in [2.24, 2.45) is 0 Å². The highest BCUT2D eigenvalue weighted by atomic mass is 35.5. The van der Waals surface area contributed by atoms with Crippen LogP contribution in [0.15, 0.2) is 36.7 Å². The van der Waals surface area contributed by atoms with Gasteiger partial charge in [-0.3, -0.25) is 13.9 Å². The Kier molecular flexibility index (Phi) is 9.20. The van der Waals surface area contributed by atoms with Crippen molar-refractivity contribution < 1.29 is 46.2 Å². The van der Waals surface area contributed by atoms with Gasteiger partial charge in [0.1, 0.15) is 24.0 Å². The van der Waals surface area contributed by atoms with Crippen molar-refractivity contribution in [2.75, 3.05) is 31.3 Å². The Balaban J connectivity index is 1.66. The van der Waals surface area contributed by atoms with Crippen LogP contribution in [0.25, 0.3) is 11.2 Å². The lowest BCUT2D eigenvalue weighted by Crippen LogP contribution is -2.53. The number of para-hydroxylation sites is 1. The Morgan fingerprint density at radius 2 is 2.02 bits per heavy atom. The molecule has 0 bridgehead atoms. The van der Waals surface area contributed by atoms with Crippen molar-refractivity contribution in [2.45, 2.75) is 49.4 Å². The number of alkyl halides is 4. The highest BCUT2D eigenvalue weighted by Gasteiger charge is 2.71. The number of aliphatic hydroxyl groups excluding tert-OH is 1. The number of anilines is 2. The second kappa shape index (κ2) is 12.2. The molecule has 0 radical (unpaired) electrons. The molecule has 0 unspecified atom stereocenters. The van der Waals surface area contributed by atoms with E-state index in [0.29, 0.717) is 0 Å². The third kappa shape index (κ3) is 6.11. The molecule has 19 heteroatoms. The van der Waals surface area contributed by atoms with Crippen molar-refractivity contribution in [1.82, 2.24) is 24.6 Å². The molecule has 0 amide bonds. The second-order valence-electron chi connectivity index (χ2n) is 9.04. The van der Waals surface area contributed by atoms with Gasteiger partial charge < -0.3 is 30.2 Å². The largest absolute Gasteiger partial charge is 0.465 e. The van der Waals surface area contributed by atoms with Crippen LogP contribution in [-0.4, -0.2) is 80.2 Å². The summed E-state index contributed by atoms with van der Waals surface area (Å²) in [6.45, 7) is 2.01. The standard InChI is InChI=1S/C23H28ClF3N7O7P/c1-4-38-19(36)12(2)33-42(37,41-13-8-6-5-7-9-13)39-10-14-16(35)22(24,23(25,26)27)20(40-14)34-11-30-15-17(29-3)31-21(28)32-18(15)34/h5-9,11-12,14,16,20,35H,4,10H2,1-3H3,(H,33,37)(H3,28,29,31,32)/t12-,14+,16+,20+,22+,42-/m0/s1. The van der Waals surface area contributed by atoms with E-state index in [1.165, 1.54) is 26.1 Å². The van der Waals surface area contributed by atoms with Gasteiger partial charge in [0.05, 0.1) is 19.5 Å². The van der Waals surface area contributed by atoms with E-state index in [4.69, 9.17) is 35.9 Å². The van der Waals surface area contributed by atoms with Crippen LogP contribution in [-0.2, 0) is 23.4 Å². The van der Waals surface area contributed by atoms with Crippen LogP contribution in [0.2, 0.25) is 0 Å². The molecule has 0 spiro atoms. The molecular formula is C23H28ClF3N7O7P. The first-order valence-electron chi connectivity index (χ1n) is 12.4. The fourth-order valence-electron chi connectivity index (χ4n) is 4.18. The zero-order chi connectivity index (χ0) is 30.9. The summed E-state index contributed by atoms with van der Waals surface area (Å²) in [6.07, 6.45) is -10.6. The van der Waals surface area contributed by atoms with Crippen LogP contribution in [0.5, 0.6) is 5.75 Å². The third-order valence-electron chi connectivity index (χ3n) is 6.18. The lowest BCUT2D eigenvalue weighted by molar-refractivity contribution is -0.195. The normalized spacial score (nSPS) is 24.7. The summed E-state index contributed by atoms with van der Waals surface area (Å²) in [6, 6.07) is 6.46. The summed E-state index contributed by atoms with van der Waals surface area (Å²) in [5.41, 5.74) is 5.62. The van der Waals surface area contributed by atoms with E-state index in [0.717, 1.165) is 10.9 Å². The monoisotopic (exact) mass is 637 g/mol. The van der Waals surface area contributed by atoms with Crippen LogP contribution >= 0.6 is 19.3 Å². The Labute approximate surface area is 242 Å². The number of esters is 1. The van der Waals surface area contributed by atoms with E-state index < -0.39 is 55.9 Å². The van der Waals surface area contributed by atoms with Crippen LogP contribution in [0, 0.1) is 0 Å². The van der Waals surface area contributed by atoms with Crippen LogP contribution in [0.4, 0.5) is 24.9 Å². The summed E-state index contributed by atoms with van der Waals surface area (Å²) in [5.74, 6) is -0.886. The number of benzene rings is 1. The number of nitrogens with one attached hydrogen (secondary N) is 2. The van der Waals surface area contributed by atoms with Gasteiger partial charge in [0.2, 0.25) is 10.8 Å². The molecule has 1 aliphatic heterocycles. The molecule has 3 heterocycles. The van der Waals surface area contributed by atoms with Gasteiger partial charge in [0.25, 0.3) is 0 Å². The highest BCUT2D eigenvalue weighted by molar-refractivity contribution is 7.52. The van der Waals surface area contributed by atoms with Gasteiger partial charge in [-0.15, -0.1) is 11.6 Å². The maximum Gasteiger partial charge on any atom is 0.459 e. The van der Waals surface area contributed by atoms with E-state index in [9.17, 15) is 27.6 Å². The van der Waals surface area contributed by atoms with Gasteiger partial charge in [-0.1, -0.05) is 18.2 Å². The minimum Gasteiger partial charge on any atom is -0.465 e. The van der Waals surface area contributed by atoms with Gasteiger partial charge in [-0.05, 0) is 26.0 Å². The Morgan fingerprint density at radius 1 is 1.33 bits per heavy atom. The van der Waals surface area contributed by atoms with Crippen molar-refractivity contribution in [3.05, 3.63) is 36.7 Å². The maximum absolute atomic E-state index is 14.5. The quantitative estimate of drug-likeness (QED) is 0.137. The molecule has 1 fully saturated rings. The second-order valence-corrected chi connectivity index (χ2v) is 11.4. The van der Waals surface area contributed by atoms with Crippen LogP contribution in [0.3, 0.4) is 0 Å². The summed E-state index contributed by atoms with van der Waals surface area (Å²) in [4.78, 5) is 20.7. The number of halogens is 4. The molecule has 0 saturated carbocycles. The van der Waals surface area contributed by atoms with Gasteiger partial charge in [-0.2, -0.15) is 28.2 Å². The first-order chi connectivity index (χ1) is 19.7. The van der Waals surface area contributed by atoms with Gasteiger partial charge in [0, 0.05) is 7.05 Å². The number of carbonyl (C=O) groups is 1. The number of hydrogen-bond donors (Lipinski definition) is 4. The zero-order valence-electron chi connectivity index (χ0n) is 22.4. The molecule has 1 saturated heterocycles. The Morgan fingerprint density at radius 3 is 2.64 bits per heavy atom. The smallest absolute Gasteiger partial charge is 0.459 e. The average Bonchev–Trinajstić information content (AvgIpc) is 3.46. The number of carbonyl (C=O) groups excluding carboxylic acids is 1. The lowest BCUT2D eigenvalue weighted by Gasteiger charge is -2.32. The molecule has 42 heavy (non-hydrogen) atoms. The zero-order valence-corrected chi connectivity index (χ0v) is 24.1. The van der Waals surface area contributed by atoms with Gasteiger partial charge >= 0.3 is 19.9 Å². The molecule has 14 nitrogen and oxygen atoms in total. The molecule has 1 aliphatic rings. The summed E-state index contributed by atoms with van der Waals surface area (Å²) >= 11 is 6.13. The SMILES string of the molecule is CCOC(=O)[C@H](C)N[P@](=O)(OC[C@H]1O[C@@H](n2cnc3c(NC)nc(N)nc32)[C@@](Cl)(C(F)(F)F)[C@@H]1O)Oc1ccccc1. The first-order valence-corrected chi connectivity index (χ1v) is 14.4. The summed E-state index contributed by atoms with van der Waals surface area (Å²) in [5, 5.41) is 16.0. The number of aliphatic hydroxyl groups is 1. The number of nitrogens with two attached hydrogens (primary N) is 1. The van der Waals surface area contributed by atoms with Crippen molar-refractivity contribution in [1.29, 1.82) is 0 Å². The van der Waals surface area contributed by atoms with Crippen molar-refractivity contribution in [3.8, 4) is 5.75 Å². The molecule has 5 N–H and O–H groups in total. The number of rotatable bonds is 11. The van der Waals surface area contributed by atoms with E-state index >= 15 is 0 Å². The molecule has 230 valence electrons. The van der Waals surface area contributed by atoms with Crippen LogP contribution < -0.4 is 20.7 Å². The topological polar surface area (TPSA) is 185 Å². The summed E-state index contributed by atoms with van der Waals surface area (Å²) in [7, 11) is -3.01. The third-order valence-corrected chi connectivity index (χ3v) is 8.45. The number of ether oxygens (including phenoxy) is 2. The van der Waals surface area contributed by atoms with E-state index in [1.807, 2.05) is 0 Å². The molecular weight excluding hydrogens is 610 g/mol. The van der Waals surface area contributed by atoms with Crippen molar-refractivity contribution in [3.63, 3.8) is 0 Å². The van der Waals surface area contributed by atoms with Crippen LogP contribution in [0.1, 0.15) is 20.1 Å². The number of nitrogens with zero attached hydrogens (tertiary/aromatic N) is 4. The van der Waals surface area contributed by atoms with Gasteiger partial charge in [-0.25, -0.2) is 9.55 Å². The minimum atomic E-state index is -5.24. The molecule has 4 rings (SSSR count). The van der Waals surface area contributed by atoms with E-state index in [1.54, 1.807) is 25.1 Å². The number of nitrogen functional groups attached to an aromatic ring is 1. The lowest BCUT2D eigenvalue weighted by atomic mass is 9.98. The predicted octanol–water partition coefficient (Wildman–Crippen LogP) is 2.99. The minimum absolute atomic E-state index is 0.0314. The molecule has 6 atom stereocenters. The van der Waals surface area contributed by atoms with E-state index in [-0.39, 0.29) is 35.3 Å². The summed E-state index contributed by atoms with van der Waals surface area (Å²) < 4.78 is 79.4. The van der Waals surface area contributed by atoms with Crippen molar-refractivity contribution >= 4 is 48.2 Å². The Hall–Kier alpha value is -3.21.